The van der Waals surface area contributed by atoms with Crippen molar-refractivity contribution < 1.29 is 9.53 Å². The molecule has 0 aliphatic carbocycles. The zero-order chi connectivity index (χ0) is 15.9. The Labute approximate surface area is 132 Å². The highest BCUT2D eigenvalue weighted by atomic mass is 16.5. The molecule has 3 heteroatoms. The maximum absolute atomic E-state index is 12.3. The summed E-state index contributed by atoms with van der Waals surface area (Å²) in [4.78, 5) is 12.3. The second-order valence-electron chi connectivity index (χ2n) is 5.45. The van der Waals surface area contributed by atoms with Crippen LogP contribution >= 0.6 is 0 Å². The molecule has 2 aromatic rings. The Kier molecular flexibility index (Phi) is 5.59. The smallest absolute Gasteiger partial charge is 0.255 e. The van der Waals surface area contributed by atoms with Gasteiger partial charge in [-0.2, -0.15) is 0 Å². The van der Waals surface area contributed by atoms with Crippen LogP contribution in [-0.4, -0.2) is 12.5 Å². The molecule has 0 radical (unpaired) electrons. The Morgan fingerprint density at radius 3 is 2.27 bits per heavy atom. The Morgan fingerprint density at radius 1 is 1.05 bits per heavy atom. The van der Waals surface area contributed by atoms with Gasteiger partial charge in [0.2, 0.25) is 0 Å². The lowest BCUT2D eigenvalue weighted by molar-refractivity contribution is 0.102. The zero-order valence-electron chi connectivity index (χ0n) is 13.5. The number of aryl methyl sites for hydroxylation is 2. The fourth-order valence-corrected chi connectivity index (χ4v) is 2.23. The molecule has 116 valence electrons. The average molecular weight is 297 g/mol. The van der Waals surface area contributed by atoms with Crippen molar-refractivity contribution >= 4 is 11.6 Å². The highest BCUT2D eigenvalue weighted by Crippen LogP contribution is 2.21. The molecule has 0 bridgehead atoms. The number of hydrogen-bond donors (Lipinski definition) is 1. The number of anilines is 1. The quantitative estimate of drug-likeness (QED) is 0.782. The van der Waals surface area contributed by atoms with Crippen LogP contribution in [0.25, 0.3) is 0 Å². The minimum atomic E-state index is -0.0995. The summed E-state index contributed by atoms with van der Waals surface area (Å²) in [6.45, 7) is 6.83. The minimum absolute atomic E-state index is 0.0995. The molecule has 0 saturated carbocycles. The molecule has 1 amide bonds. The van der Waals surface area contributed by atoms with Crippen LogP contribution in [-0.2, 0) is 0 Å². The third-order valence-corrected chi connectivity index (χ3v) is 3.60. The van der Waals surface area contributed by atoms with Crippen molar-refractivity contribution in [1.29, 1.82) is 0 Å². The van der Waals surface area contributed by atoms with Crippen LogP contribution in [0.4, 0.5) is 5.69 Å². The molecule has 0 spiro atoms. The van der Waals surface area contributed by atoms with Crippen LogP contribution in [0.15, 0.2) is 42.5 Å². The average Bonchev–Trinajstić information content (AvgIpc) is 2.52. The van der Waals surface area contributed by atoms with Crippen molar-refractivity contribution in [2.75, 3.05) is 11.9 Å². The largest absolute Gasteiger partial charge is 0.494 e. The number of rotatable bonds is 6. The first-order chi connectivity index (χ1) is 10.6. The second-order valence-corrected chi connectivity index (χ2v) is 5.45. The van der Waals surface area contributed by atoms with E-state index in [0.717, 1.165) is 35.4 Å². The summed E-state index contributed by atoms with van der Waals surface area (Å²) in [7, 11) is 0. The van der Waals surface area contributed by atoms with Gasteiger partial charge in [0, 0.05) is 11.3 Å². The predicted molar refractivity (Wildman–Crippen MR) is 90.7 cm³/mol. The van der Waals surface area contributed by atoms with Gasteiger partial charge in [0.05, 0.1) is 6.61 Å². The SMILES string of the molecule is CCCCOc1ccc(C(=O)Nc2c(C)cccc2C)cc1. The molecule has 0 heterocycles. The Morgan fingerprint density at radius 2 is 1.68 bits per heavy atom. The van der Waals surface area contributed by atoms with E-state index in [4.69, 9.17) is 4.74 Å². The van der Waals surface area contributed by atoms with E-state index in [-0.39, 0.29) is 5.91 Å². The van der Waals surface area contributed by atoms with Crippen molar-refractivity contribution in [2.45, 2.75) is 33.6 Å². The molecule has 2 rings (SSSR count). The van der Waals surface area contributed by atoms with Crippen molar-refractivity contribution in [2.24, 2.45) is 0 Å². The maximum atomic E-state index is 12.3. The number of amides is 1. The van der Waals surface area contributed by atoms with Crippen LogP contribution in [0.2, 0.25) is 0 Å². The van der Waals surface area contributed by atoms with Crippen LogP contribution in [0, 0.1) is 13.8 Å². The first-order valence-electron chi connectivity index (χ1n) is 7.72. The van der Waals surface area contributed by atoms with Crippen molar-refractivity contribution in [3.05, 3.63) is 59.2 Å². The molecule has 0 aliphatic heterocycles. The molecule has 22 heavy (non-hydrogen) atoms. The normalized spacial score (nSPS) is 10.3. The molecule has 0 atom stereocenters. The topological polar surface area (TPSA) is 38.3 Å². The van der Waals surface area contributed by atoms with Crippen LogP contribution < -0.4 is 10.1 Å². The van der Waals surface area contributed by atoms with Gasteiger partial charge in [0.25, 0.3) is 5.91 Å². The fourth-order valence-electron chi connectivity index (χ4n) is 2.23. The maximum Gasteiger partial charge on any atom is 0.255 e. The van der Waals surface area contributed by atoms with Crippen molar-refractivity contribution in [3.8, 4) is 5.75 Å². The van der Waals surface area contributed by atoms with Gasteiger partial charge in [-0.15, -0.1) is 0 Å². The van der Waals surface area contributed by atoms with Crippen molar-refractivity contribution in [3.63, 3.8) is 0 Å². The molecular weight excluding hydrogens is 274 g/mol. The van der Waals surface area contributed by atoms with Gasteiger partial charge in [-0.1, -0.05) is 31.5 Å². The Hall–Kier alpha value is -2.29. The Bertz CT molecular complexity index is 612. The van der Waals surface area contributed by atoms with Gasteiger partial charge in [0.1, 0.15) is 5.75 Å². The lowest BCUT2D eigenvalue weighted by atomic mass is 10.1. The first-order valence-corrected chi connectivity index (χ1v) is 7.72. The molecule has 0 aromatic heterocycles. The summed E-state index contributed by atoms with van der Waals surface area (Å²) in [6.07, 6.45) is 2.14. The second kappa shape index (κ2) is 7.64. The highest BCUT2D eigenvalue weighted by Gasteiger charge is 2.09. The van der Waals surface area contributed by atoms with E-state index in [2.05, 4.69) is 12.2 Å². The molecule has 0 aliphatic rings. The lowest BCUT2D eigenvalue weighted by Gasteiger charge is -2.12. The van der Waals surface area contributed by atoms with Gasteiger partial charge in [-0.05, 0) is 55.7 Å². The van der Waals surface area contributed by atoms with Crippen LogP contribution in [0.5, 0.6) is 5.75 Å². The number of ether oxygens (including phenoxy) is 1. The van der Waals surface area contributed by atoms with Crippen LogP contribution in [0.1, 0.15) is 41.3 Å². The van der Waals surface area contributed by atoms with E-state index in [1.54, 1.807) is 12.1 Å². The minimum Gasteiger partial charge on any atom is -0.494 e. The van der Waals surface area contributed by atoms with E-state index in [0.29, 0.717) is 12.2 Å². The summed E-state index contributed by atoms with van der Waals surface area (Å²) >= 11 is 0. The zero-order valence-corrected chi connectivity index (χ0v) is 13.5. The lowest BCUT2D eigenvalue weighted by Crippen LogP contribution is -2.13. The van der Waals surface area contributed by atoms with Gasteiger partial charge in [0.15, 0.2) is 0 Å². The van der Waals surface area contributed by atoms with Crippen LogP contribution in [0.3, 0.4) is 0 Å². The number of hydrogen-bond acceptors (Lipinski definition) is 2. The third kappa shape index (κ3) is 4.10. The van der Waals surface area contributed by atoms with Gasteiger partial charge >= 0.3 is 0 Å². The number of nitrogens with one attached hydrogen (secondary N) is 1. The number of benzene rings is 2. The monoisotopic (exact) mass is 297 g/mol. The predicted octanol–water partition coefficient (Wildman–Crippen LogP) is 4.73. The van der Waals surface area contributed by atoms with E-state index >= 15 is 0 Å². The number of carbonyl (C=O) groups is 1. The van der Waals surface area contributed by atoms with E-state index < -0.39 is 0 Å². The number of unbranched alkanes of at least 4 members (excludes halogenated alkanes) is 1. The van der Waals surface area contributed by atoms with E-state index in [1.165, 1.54) is 0 Å². The Balaban J connectivity index is 2.04. The molecule has 0 saturated heterocycles. The number of carbonyl (C=O) groups excluding carboxylic acids is 1. The molecular formula is C19H23NO2. The van der Waals surface area contributed by atoms with Gasteiger partial charge < -0.3 is 10.1 Å². The fraction of sp³-hybridized carbons (Fsp3) is 0.316. The molecule has 1 N–H and O–H groups in total. The highest BCUT2D eigenvalue weighted by molar-refractivity contribution is 6.05. The van der Waals surface area contributed by atoms with Gasteiger partial charge in [-0.3, -0.25) is 4.79 Å². The summed E-state index contributed by atoms with van der Waals surface area (Å²) in [6, 6.07) is 13.3. The van der Waals surface area contributed by atoms with Gasteiger partial charge in [-0.25, -0.2) is 0 Å². The summed E-state index contributed by atoms with van der Waals surface area (Å²) in [5, 5.41) is 2.99. The molecule has 0 fully saturated rings. The standard InChI is InChI=1S/C19H23NO2/c1-4-5-13-22-17-11-9-16(10-12-17)19(21)20-18-14(2)7-6-8-15(18)3/h6-12H,4-5,13H2,1-3H3,(H,20,21). The van der Waals surface area contributed by atoms with E-state index in [1.807, 2.05) is 44.2 Å². The van der Waals surface area contributed by atoms with E-state index in [9.17, 15) is 4.79 Å². The summed E-state index contributed by atoms with van der Waals surface area (Å²) in [5.41, 5.74) is 3.64. The molecule has 3 nitrogen and oxygen atoms in total. The third-order valence-electron chi connectivity index (χ3n) is 3.60. The molecule has 2 aromatic carbocycles. The molecule has 0 unspecified atom stereocenters. The summed E-state index contributed by atoms with van der Waals surface area (Å²) in [5.74, 6) is 0.703. The first kappa shape index (κ1) is 16.1. The summed E-state index contributed by atoms with van der Waals surface area (Å²) < 4.78 is 5.61. The number of para-hydroxylation sites is 1. The van der Waals surface area contributed by atoms with Crippen molar-refractivity contribution in [1.82, 2.24) is 0 Å².